The second kappa shape index (κ2) is 7.17. The Morgan fingerprint density at radius 3 is 2.62 bits per heavy atom. The number of carbonyl (C=O) groups is 1. The van der Waals surface area contributed by atoms with Crippen molar-refractivity contribution in [1.29, 1.82) is 0 Å². The predicted molar refractivity (Wildman–Crippen MR) is 95.6 cm³/mol. The van der Waals surface area contributed by atoms with Crippen molar-refractivity contribution in [2.75, 3.05) is 24.2 Å². The second-order valence-electron chi connectivity index (χ2n) is 6.20. The zero-order valence-corrected chi connectivity index (χ0v) is 14.7. The van der Waals surface area contributed by atoms with Crippen molar-refractivity contribution in [2.24, 2.45) is 0 Å². The molecular formula is C18H17ClF3N3O. The molecule has 0 radical (unpaired) electrons. The zero-order chi connectivity index (χ0) is 18.9. The van der Waals surface area contributed by atoms with Crippen LogP contribution in [-0.4, -0.2) is 24.5 Å². The molecular weight excluding hydrogens is 367 g/mol. The minimum atomic E-state index is -4.51. The SMILES string of the molecule is CN1CCc2c(cccc2NC(=O)Nc2cc(C(F)(F)F)ccc2Cl)C1. The van der Waals surface area contributed by atoms with Crippen LogP contribution in [0.4, 0.5) is 29.3 Å². The van der Waals surface area contributed by atoms with Crippen LogP contribution in [0.3, 0.4) is 0 Å². The molecule has 0 saturated carbocycles. The van der Waals surface area contributed by atoms with Crippen molar-refractivity contribution in [1.82, 2.24) is 4.90 Å². The van der Waals surface area contributed by atoms with Crippen molar-refractivity contribution in [3.63, 3.8) is 0 Å². The number of nitrogens with one attached hydrogen (secondary N) is 2. The third-order valence-corrected chi connectivity index (χ3v) is 4.58. The number of carbonyl (C=O) groups excluding carboxylic acids is 1. The summed E-state index contributed by atoms with van der Waals surface area (Å²) < 4.78 is 38.5. The van der Waals surface area contributed by atoms with E-state index in [4.69, 9.17) is 11.6 Å². The largest absolute Gasteiger partial charge is 0.416 e. The third-order valence-electron chi connectivity index (χ3n) is 4.25. The van der Waals surface area contributed by atoms with Gasteiger partial charge in [-0.3, -0.25) is 0 Å². The van der Waals surface area contributed by atoms with E-state index in [0.717, 1.165) is 48.8 Å². The van der Waals surface area contributed by atoms with Crippen LogP contribution >= 0.6 is 11.6 Å². The zero-order valence-electron chi connectivity index (χ0n) is 14.0. The van der Waals surface area contributed by atoms with Crippen molar-refractivity contribution < 1.29 is 18.0 Å². The highest BCUT2D eigenvalue weighted by atomic mass is 35.5. The average Bonchev–Trinajstić information content (AvgIpc) is 2.55. The summed E-state index contributed by atoms with van der Waals surface area (Å²) in [6.45, 7) is 1.65. The highest BCUT2D eigenvalue weighted by Gasteiger charge is 2.31. The molecule has 8 heteroatoms. The fourth-order valence-electron chi connectivity index (χ4n) is 2.94. The second-order valence-corrected chi connectivity index (χ2v) is 6.61. The topological polar surface area (TPSA) is 44.4 Å². The summed E-state index contributed by atoms with van der Waals surface area (Å²) in [5.41, 5.74) is 1.83. The van der Waals surface area contributed by atoms with E-state index in [0.29, 0.717) is 5.69 Å². The number of fused-ring (bicyclic) bond motifs is 1. The normalized spacial score (nSPS) is 14.7. The lowest BCUT2D eigenvalue weighted by molar-refractivity contribution is -0.137. The van der Waals surface area contributed by atoms with Gasteiger partial charge < -0.3 is 15.5 Å². The Balaban J connectivity index is 1.77. The van der Waals surface area contributed by atoms with Gasteiger partial charge in [0, 0.05) is 18.8 Å². The van der Waals surface area contributed by atoms with Gasteiger partial charge in [0.1, 0.15) is 0 Å². The summed E-state index contributed by atoms with van der Waals surface area (Å²) in [4.78, 5) is 14.4. The van der Waals surface area contributed by atoms with Gasteiger partial charge in [0.2, 0.25) is 0 Å². The van der Waals surface area contributed by atoms with Crippen molar-refractivity contribution >= 4 is 29.0 Å². The maximum absolute atomic E-state index is 12.8. The fourth-order valence-corrected chi connectivity index (χ4v) is 3.11. The van der Waals surface area contributed by atoms with Gasteiger partial charge in [0.05, 0.1) is 16.3 Å². The highest BCUT2D eigenvalue weighted by Crippen LogP contribution is 2.34. The number of alkyl halides is 3. The molecule has 1 heterocycles. The number of nitrogens with zero attached hydrogens (tertiary/aromatic N) is 1. The van der Waals surface area contributed by atoms with Crippen molar-refractivity contribution in [3.05, 3.63) is 58.1 Å². The number of anilines is 2. The quantitative estimate of drug-likeness (QED) is 0.767. The standard InChI is InChI=1S/C18H17ClF3N3O/c1-25-8-7-13-11(10-25)3-2-4-15(13)23-17(26)24-16-9-12(18(20,21)22)5-6-14(16)19/h2-6,9H,7-8,10H2,1H3,(H2,23,24,26). The molecule has 0 saturated heterocycles. The Morgan fingerprint density at radius 1 is 1.15 bits per heavy atom. The van der Waals surface area contributed by atoms with E-state index < -0.39 is 17.8 Å². The molecule has 0 spiro atoms. The Kier molecular flexibility index (Phi) is 5.11. The lowest BCUT2D eigenvalue weighted by Gasteiger charge is -2.26. The molecule has 4 nitrogen and oxygen atoms in total. The van der Waals surface area contributed by atoms with Crippen LogP contribution in [0.1, 0.15) is 16.7 Å². The van der Waals surface area contributed by atoms with E-state index in [1.54, 1.807) is 6.07 Å². The molecule has 3 rings (SSSR count). The molecule has 2 aromatic carbocycles. The average molecular weight is 384 g/mol. The van der Waals surface area contributed by atoms with Gasteiger partial charge in [-0.05, 0) is 48.9 Å². The van der Waals surface area contributed by atoms with Gasteiger partial charge in [0.15, 0.2) is 0 Å². The summed E-state index contributed by atoms with van der Waals surface area (Å²) in [5.74, 6) is 0. The third kappa shape index (κ3) is 4.11. The van der Waals surface area contributed by atoms with Crippen LogP contribution in [0.5, 0.6) is 0 Å². The molecule has 2 amide bonds. The van der Waals surface area contributed by atoms with Gasteiger partial charge in [-0.15, -0.1) is 0 Å². The lowest BCUT2D eigenvalue weighted by Crippen LogP contribution is -2.28. The first-order chi connectivity index (χ1) is 12.2. The molecule has 0 atom stereocenters. The van der Waals surface area contributed by atoms with Gasteiger partial charge in [-0.25, -0.2) is 4.79 Å². The van der Waals surface area contributed by atoms with E-state index >= 15 is 0 Å². The molecule has 1 aliphatic rings. The molecule has 0 aromatic heterocycles. The summed E-state index contributed by atoms with van der Waals surface area (Å²) in [5, 5.41) is 5.14. The summed E-state index contributed by atoms with van der Waals surface area (Å²) in [7, 11) is 2.02. The van der Waals surface area contributed by atoms with Gasteiger partial charge in [-0.2, -0.15) is 13.2 Å². The molecule has 0 unspecified atom stereocenters. The Bertz CT molecular complexity index is 839. The van der Waals surface area contributed by atoms with E-state index in [1.165, 1.54) is 0 Å². The Morgan fingerprint density at radius 2 is 1.88 bits per heavy atom. The number of benzene rings is 2. The molecule has 1 aliphatic heterocycles. The molecule has 0 aliphatic carbocycles. The number of halogens is 4. The number of rotatable bonds is 2. The minimum Gasteiger partial charge on any atom is -0.307 e. The Hall–Kier alpha value is -2.25. The first-order valence-corrected chi connectivity index (χ1v) is 8.36. The minimum absolute atomic E-state index is 0.0323. The van der Waals surface area contributed by atoms with Crippen LogP contribution < -0.4 is 10.6 Å². The van der Waals surface area contributed by atoms with Crippen LogP contribution in [0.2, 0.25) is 5.02 Å². The van der Waals surface area contributed by atoms with Crippen LogP contribution in [-0.2, 0) is 19.1 Å². The van der Waals surface area contributed by atoms with Crippen molar-refractivity contribution in [2.45, 2.75) is 19.1 Å². The molecule has 2 aromatic rings. The monoisotopic (exact) mass is 383 g/mol. The van der Waals surface area contributed by atoms with Crippen LogP contribution in [0.25, 0.3) is 0 Å². The highest BCUT2D eigenvalue weighted by molar-refractivity contribution is 6.33. The Labute approximate surface area is 153 Å². The van der Waals surface area contributed by atoms with E-state index in [1.807, 2.05) is 19.2 Å². The predicted octanol–water partition coefficient (Wildman–Crippen LogP) is 4.99. The maximum Gasteiger partial charge on any atom is 0.416 e. The molecule has 0 fully saturated rings. The van der Waals surface area contributed by atoms with Gasteiger partial charge in [-0.1, -0.05) is 23.7 Å². The fraction of sp³-hybridized carbons (Fsp3) is 0.278. The summed E-state index contributed by atoms with van der Waals surface area (Å²) in [6, 6.07) is 7.77. The lowest BCUT2D eigenvalue weighted by atomic mass is 9.98. The van der Waals surface area contributed by atoms with Crippen LogP contribution in [0, 0.1) is 0 Å². The number of urea groups is 1. The molecule has 0 bridgehead atoms. The van der Waals surface area contributed by atoms with Gasteiger partial charge >= 0.3 is 12.2 Å². The first kappa shape index (κ1) is 18.5. The summed E-state index contributed by atoms with van der Waals surface area (Å²) in [6.07, 6.45) is -3.73. The van der Waals surface area contributed by atoms with Crippen LogP contribution in [0.15, 0.2) is 36.4 Å². The molecule has 26 heavy (non-hydrogen) atoms. The molecule has 2 N–H and O–H groups in total. The van der Waals surface area contributed by atoms with Crippen molar-refractivity contribution in [3.8, 4) is 0 Å². The van der Waals surface area contributed by atoms with E-state index in [9.17, 15) is 18.0 Å². The van der Waals surface area contributed by atoms with E-state index in [-0.39, 0.29) is 10.7 Å². The number of amides is 2. The molecule has 138 valence electrons. The number of likely N-dealkylation sites (N-methyl/N-ethyl adjacent to an activating group) is 1. The van der Waals surface area contributed by atoms with Gasteiger partial charge in [0.25, 0.3) is 0 Å². The smallest absolute Gasteiger partial charge is 0.307 e. The number of hydrogen-bond donors (Lipinski definition) is 2. The number of hydrogen-bond acceptors (Lipinski definition) is 2. The van der Waals surface area contributed by atoms with E-state index in [2.05, 4.69) is 15.5 Å². The first-order valence-electron chi connectivity index (χ1n) is 7.98. The summed E-state index contributed by atoms with van der Waals surface area (Å²) >= 11 is 5.91. The maximum atomic E-state index is 12.8.